The average Bonchev–Trinajstić information content (AvgIpc) is 2.79. The number of carbonyl (C=O) groups is 3. The van der Waals surface area contributed by atoms with Crippen molar-refractivity contribution < 1.29 is 28.6 Å². The second-order valence-corrected chi connectivity index (χ2v) is 8.23. The Morgan fingerprint density at radius 3 is 2.67 bits per heavy atom. The van der Waals surface area contributed by atoms with Crippen molar-refractivity contribution in [1.82, 2.24) is 4.90 Å². The number of Topliss-reactive ketones (excluding diaryl/α,β-unsaturated/α-hetero) is 1. The van der Waals surface area contributed by atoms with Crippen LogP contribution >= 0.6 is 0 Å². The van der Waals surface area contributed by atoms with E-state index in [0.717, 1.165) is 5.56 Å². The Balaban J connectivity index is 1.79. The van der Waals surface area contributed by atoms with Crippen molar-refractivity contribution in [3.05, 3.63) is 64.5 Å². The smallest absolute Gasteiger partial charge is 0.410 e. The lowest BCUT2D eigenvalue weighted by atomic mass is 9.79. The second-order valence-electron chi connectivity index (χ2n) is 8.23. The Morgan fingerprint density at radius 1 is 1.27 bits per heavy atom. The number of benzene rings is 2. The van der Waals surface area contributed by atoms with Gasteiger partial charge in [0.25, 0.3) is 0 Å². The van der Waals surface area contributed by atoms with Gasteiger partial charge in [-0.2, -0.15) is 0 Å². The van der Waals surface area contributed by atoms with E-state index in [1.54, 1.807) is 6.92 Å². The molecule has 3 rings (SSSR count). The molecule has 7 nitrogen and oxygen atoms in total. The number of ketones is 1. The first-order valence-corrected chi connectivity index (χ1v) is 11.0. The number of hydrogen-bond acceptors (Lipinski definition) is 5. The topological polar surface area (TPSA) is 95.9 Å². The van der Waals surface area contributed by atoms with Crippen molar-refractivity contribution in [2.75, 3.05) is 25.0 Å². The Hall–Kier alpha value is -3.26. The van der Waals surface area contributed by atoms with Crippen LogP contribution in [0.25, 0.3) is 0 Å². The van der Waals surface area contributed by atoms with Crippen LogP contribution in [-0.2, 0) is 22.6 Å². The number of carbonyl (C=O) groups excluding carboxylic acids is 3. The predicted molar refractivity (Wildman–Crippen MR) is 121 cm³/mol. The first-order chi connectivity index (χ1) is 15.8. The van der Waals surface area contributed by atoms with Crippen molar-refractivity contribution in [2.45, 2.75) is 39.7 Å². The van der Waals surface area contributed by atoms with Crippen LogP contribution in [0.15, 0.2) is 36.4 Å². The van der Waals surface area contributed by atoms with E-state index in [1.165, 1.54) is 17.9 Å². The second kappa shape index (κ2) is 11.0. The van der Waals surface area contributed by atoms with E-state index in [0.29, 0.717) is 36.0 Å². The van der Waals surface area contributed by atoms with Crippen molar-refractivity contribution in [2.24, 2.45) is 5.92 Å². The van der Waals surface area contributed by atoms with Crippen LogP contribution in [-0.4, -0.2) is 47.5 Å². The lowest BCUT2D eigenvalue weighted by Gasteiger charge is -2.31. The van der Waals surface area contributed by atoms with Gasteiger partial charge in [0, 0.05) is 38.1 Å². The fourth-order valence-corrected chi connectivity index (χ4v) is 4.11. The molecule has 2 amide bonds. The summed E-state index contributed by atoms with van der Waals surface area (Å²) in [6, 6.07) is 10.4. The Labute approximate surface area is 192 Å². The highest BCUT2D eigenvalue weighted by atomic mass is 19.1. The minimum Gasteiger partial charge on any atom is -0.445 e. The molecule has 1 atom stereocenters. The molecule has 176 valence electrons. The summed E-state index contributed by atoms with van der Waals surface area (Å²) in [5, 5.41) is 11.8. The molecule has 0 aromatic heterocycles. The third kappa shape index (κ3) is 5.96. The molecule has 8 heteroatoms. The van der Waals surface area contributed by atoms with Gasteiger partial charge < -0.3 is 20.1 Å². The molecular weight excluding hydrogens is 427 g/mol. The highest BCUT2D eigenvalue weighted by molar-refractivity contribution is 6.08. The molecule has 0 heterocycles. The van der Waals surface area contributed by atoms with Crippen LogP contribution in [0.5, 0.6) is 0 Å². The summed E-state index contributed by atoms with van der Waals surface area (Å²) in [7, 11) is 0. The number of anilines is 1. The SMILES string of the molecule is CC(=O)Nc1cc(F)c(C)c2c1C(=O)C(CN(CCCO)C(=O)OCc1ccccc1)CC2. The van der Waals surface area contributed by atoms with E-state index in [-0.39, 0.29) is 37.8 Å². The van der Waals surface area contributed by atoms with Crippen molar-refractivity contribution >= 4 is 23.5 Å². The standard InChI is InChI=1S/C25H29FN2O5/c1-16-20-10-9-19(24(31)23(20)22(13-21(16)26)27-17(2)30)14-28(11-6-12-29)25(32)33-15-18-7-4-3-5-8-18/h3-5,7-8,13,19,29H,6,9-12,14-15H2,1-2H3,(H,27,30). The maximum atomic E-state index is 14.4. The van der Waals surface area contributed by atoms with Crippen LogP contribution in [0.1, 0.15) is 46.8 Å². The first-order valence-electron chi connectivity index (χ1n) is 11.0. The molecule has 0 spiro atoms. The molecular formula is C25H29FN2O5. The highest BCUT2D eigenvalue weighted by Crippen LogP contribution is 2.35. The number of nitrogens with one attached hydrogen (secondary N) is 1. The van der Waals surface area contributed by atoms with Gasteiger partial charge in [-0.15, -0.1) is 0 Å². The molecule has 1 unspecified atom stereocenters. The van der Waals surface area contributed by atoms with Gasteiger partial charge in [0.05, 0.1) is 5.69 Å². The molecule has 0 bridgehead atoms. The molecule has 2 aromatic carbocycles. The summed E-state index contributed by atoms with van der Waals surface area (Å²) in [6.45, 7) is 3.27. The molecule has 33 heavy (non-hydrogen) atoms. The maximum Gasteiger partial charge on any atom is 0.410 e. The van der Waals surface area contributed by atoms with Crippen LogP contribution < -0.4 is 5.32 Å². The Bertz CT molecular complexity index is 1030. The maximum absolute atomic E-state index is 14.4. The van der Waals surface area contributed by atoms with Gasteiger partial charge >= 0.3 is 6.09 Å². The Morgan fingerprint density at radius 2 is 2.00 bits per heavy atom. The summed E-state index contributed by atoms with van der Waals surface area (Å²) in [4.78, 5) is 39.2. The van der Waals surface area contributed by atoms with Gasteiger partial charge in [0.1, 0.15) is 12.4 Å². The minimum absolute atomic E-state index is 0.0991. The number of halogens is 1. The van der Waals surface area contributed by atoms with Gasteiger partial charge in [-0.05, 0) is 48.9 Å². The van der Waals surface area contributed by atoms with Crippen LogP contribution in [0.4, 0.5) is 14.9 Å². The number of aliphatic hydroxyl groups is 1. The fourth-order valence-electron chi connectivity index (χ4n) is 4.11. The number of rotatable bonds is 8. The summed E-state index contributed by atoms with van der Waals surface area (Å²) in [6.07, 6.45) is 0.675. The van der Waals surface area contributed by atoms with Crippen LogP contribution in [0, 0.1) is 18.7 Å². The van der Waals surface area contributed by atoms with Gasteiger partial charge in [-0.25, -0.2) is 9.18 Å². The molecule has 1 aliphatic carbocycles. The third-order valence-corrected chi connectivity index (χ3v) is 5.81. The molecule has 0 saturated carbocycles. The van der Waals surface area contributed by atoms with Crippen molar-refractivity contribution in [1.29, 1.82) is 0 Å². The van der Waals surface area contributed by atoms with Gasteiger partial charge in [0.2, 0.25) is 5.91 Å². The molecule has 2 N–H and O–H groups in total. The third-order valence-electron chi connectivity index (χ3n) is 5.81. The van der Waals surface area contributed by atoms with Crippen LogP contribution in [0.2, 0.25) is 0 Å². The zero-order valence-corrected chi connectivity index (χ0v) is 18.9. The quantitative estimate of drug-likeness (QED) is 0.629. The summed E-state index contributed by atoms with van der Waals surface area (Å²) in [5.41, 5.74) is 2.29. The number of fused-ring (bicyclic) bond motifs is 1. The summed E-state index contributed by atoms with van der Waals surface area (Å²) >= 11 is 0. The largest absolute Gasteiger partial charge is 0.445 e. The zero-order valence-electron chi connectivity index (χ0n) is 18.9. The number of nitrogens with zero attached hydrogens (tertiary/aromatic N) is 1. The van der Waals surface area contributed by atoms with Crippen LogP contribution in [0.3, 0.4) is 0 Å². The van der Waals surface area contributed by atoms with E-state index in [4.69, 9.17) is 4.74 Å². The normalized spacial score (nSPS) is 15.0. The molecule has 0 aliphatic heterocycles. The van der Waals surface area contributed by atoms with Gasteiger partial charge in [-0.3, -0.25) is 9.59 Å². The lowest BCUT2D eigenvalue weighted by molar-refractivity contribution is -0.114. The molecule has 1 aliphatic rings. The predicted octanol–water partition coefficient (Wildman–Crippen LogP) is 3.86. The Kier molecular flexibility index (Phi) is 8.16. The van der Waals surface area contributed by atoms with E-state index < -0.39 is 23.7 Å². The van der Waals surface area contributed by atoms with E-state index in [1.807, 2.05) is 30.3 Å². The van der Waals surface area contributed by atoms with Gasteiger partial charge in [0.15, 0.2) is 5.78 Å². The van der Waals surface area contributed by atoms with E-state index in [2.05, 4.69) is 5.32 Å². The number of ether oxygens (including phenoxy) is 1. The molecule has 0 fully saturated rings. The number of hydrogen-bond donors (Lipinski definition) is 2. The lowest BCUT2D eigenvalue weighted by Crippen LogP contribution is -2.41. The van der Waals surface area contributed by atoms with Gasteiger partial charge in [-0.1, -0.05) is 30.3 Å². The molecule has 0 saturated heterocycles. The van der Waals surface area contributed by atoms with E-state index in [9.17, 15) is 23.9 Å². The van der Waals surface area contributed by atoms with E-state index >= 15 is 0 Å². The van der Waals surface area contributed by atoms with Crippen molar-refractivity contribution in [3.63, 3.8) is 0 Å². The zero-order chi connectivity index (χ0) is 24.0. The summed E-state index contributed by atoms with van der Waals surface area (Å²) in [5.74, 6) is -1.65. The summed E-state index contributed by atoms with van der Waals surface area (Å²) < 4.78 is 19.8. The molecule has 2 aromatic rings. The number of amides is 2. The molecule has 0 radical (unpaired) electrons. The first kappa shape index (κ1) is 24.4. The fraction of sp³-hybridized carbons (Fsp3) is 0.400. The van der Waals surface area contributed by atoms with Crippen molar-refractivity contribution in [3.8, 4) is 0 Å². The minimum atomic E-state index is -0.566. The average molecular weight is 457 g/mol. The monoisotopic (exact) mass is 456 g/mol. The number of aliphatic hydroxyl groups excluding tert-OH is 1. The highest BCUT2D eigenvalue weighted by Gasteiger charge is 2.34.